The molecule has 0 radical (unpaired) electrons. The zero-order valence-corrected chi connectivity index (χ0v) is 19.2. The smallest absolute Gasteiger partial charge is 0.191 e. The fourth-order valence-electron chi connectivity index (χ4n) is 3.30. The lowest BCUT2D eigenvalue weighted by Crippen LogP contribution is -2.42. The summed E-state index contributed by atoms with van der Waals surface area (Å²) in [6.45, 7) is 10.6. The van der Waals surface area contributed by atoms with Gasteiger partial charge < -0.3 is 25.0 Å². The summed E-state index contributed by atoms with van der Waals surface area (Å²) in [5.41, 5.74) is 1.12. The van der Waals surface area contributed by atoms with E-state index in [-0.39, 0.29) is 12.2 Å². The highest BCUT2D eigenvalue weighted by molar-refractivity contribution is 6.30. The molecule has 2 unspecified atom stereocenters. The van der Waals surface area contributed by atoms with Gasteiger partial charge in [0, 0.05) is 30.9 Å². The Morgan fingerprint density at radius 3 is 2.87 bits per heavy atom. The number of benzene rings is 1. The number of nitrogens with zero attached hydrogens (tertiary/aromatic N) is 3. The van der Waals surface area contributed by atoms with Gasteiger partial charge >= 0.3 is 0 Å². The maximum absolute atomic E-state index is 5.93. The van der Waals surface area contributed by atoms with Gasteiger partial charge in [-0.3, -0.25) is 0 Å². The summed E-state index contributed by atoms with van der Waals surface area (Å²) in [4.78, 5) is 11.5. The van der Waals surface area contributed by atoms with Gasteiger partial charge in [-0.05, 0) is 62.7 Å². The van der Waals surface area contributed by atoms with Crippen LogP contribution in [0.4, 0.5) is 5.82 Å². The predicted octanol–water partition coefficient (Wildman–Crippen LogP) is 3.48. The summed E-state index contributed by atoms with van der Waals surface area (Å²) in [6.07, 6.45) is 2.04. The van der Waals surface area contributed by atoms with Crippen LogP contribution in [0.5, 0.6) is 5.75 Å². The van der Waals surface area contributed by atoms with E-state index in [0.29, 0.717) is 18.1 Å². The summed E-state index contributed by atoms with van der Waals surface area (Å²) in [7, 11) is 0. The molecule has 2 aromatic rings. The van der Waals surface area contributed by atoms with Crippen LogP contribution in [0.25, 0.3) is 0 Å². The van der Waals surface area contributed by atoms with Gasteiger partial charge in [0.1, 0.15) is 17.7 Å². The monoisotopic (exact) mass is 445 g/mol. The van der Waals surface area contributed by atoms with Crippen LogP contribution in [0, 0.1) is 0 Å². The molecule has 3 rings (SSSR count). The van der Waals surface area contributed by atoms with Crippen LogP contribution in [0.2, 0.25) is 5.02 Å². The minimum absolute atomic E-state index is 0.0270. The number of anilines is 1. The lowest BCUT2D eigenvalue weighted by atomic mass is 10.2. The van der Waals surface area contributed by atoms with Crippen molar-refractivity contribution in [3.63, 3.8) is 0 Å². The molecule has 0 spiro atoms. The largest absolute Gasteiger partial charge is 0.489 e. The van der Waals surface area contributed by atoms with E-state index in [1.54, 1.807) is 0 Å². The van der Waals surface area contributed by atoms with Crippen LogP contribution in [0.3, 0.4) is 0 Å². The van der Waals surface area contributed by atoms with Crippen LogP contribution >= 0.6 is 11.6 Å². The van der Waals surface area contributed by atoms with Crippen molar-refractivity contribution >= 4 is 23.4 Å². The minimum atomic E-state index is -0.0270. The quantitative estimate of drug-likeness (QED) is 0.479. The molecule has 1 saturated heterocycles. The maximum atomic E-state index is 5.93. The first kappa shape index (κ1) is 23.2. The summed E-state index contributed by atoms with van der Waals surface area (Å²) < 4.78 is 11.6. The summed E-state index contributed by atoms with van der Waals surface area (Å²) in [6, 6.07) is 11.5. The van der Waals surface area contributed by atoms with Gasteiger partial charge in [-0.25, -0.2) is 9.98 Å². The SMILES string of the molecule is CCNC(=NCc1ccnc(N2CCOC(C)C2)c1)NCC(C)Oc1ccc(Cl)cc1. The first-order chi connectivity index (χ1) is 15.0. The molecule has 1 aromatic heterocycles. The third-order valence-electron chi connectivity index (χ3n) is 4.85. The highest BCUT2D eigenvalue weighted by atomic mass is 35.5. The zero-order chi connectivity index (χ0) is 22.1. The van der Waals surface area contributed by atoms with Crippen molar-refractivity contribution in [2.24, 2.45) is 4.99 Å². The number of ether oxygens (including phenoxy) is 2. The van der Waals surface area contributed by atoms with E-state index in [1.165, 1.54) is 0 Å². The van der Waals surface area contributed by atoms with Crippen LogP contribution < -0.4 is 20.3 Å². The fourth-order valence-corrected chi connectivity index (χ4v) is 3.42. The third-order valence-corrected chi connectivity index (χ3v) is 5.10. The summed E-state index contributed by atoms with van der Waals surface area (Å²) >= 11 is 5.93. The Bertz CT molecular complexity index is 846. The third kappa shape index (κ3) is 7.60. The van der Waals surface area contributed by atoms with Crippen molar-refractivity contribution in [2.75, 3.05) is 37.7 Å². The van der Waals surface area contributed by atoms with E-state index in [0.717, 1.165) is 49.3 Å². The van der Waals surface area contributed by atoms with E-state index >= 15 is 0 Å². The number of guanidine groups is 1. The topological polar surface area (TPSA) is 71.0 Å². The van der Waals surface area contributed by atoms with Gasteiger partial charge in [0.2, 0.25) is 0 Å². The minimum Gasteiger partial charge on any atom is -0.489 e. The first-order valence-electron chi connectivity index (χ1n) is 10.8. The molecule has 0 saturated carbocycles. The number of halogens is 1. The molecule has 1 fully saturated rings. The van der Waals surface area contributed by atoms with Gasteiger partial charge in [0.15, 0.2) is 5.96 Å². The van der Waals surface area contributed by atoms with E-state index in [2.05, 4.69) is 40.4 Å². The number of hydrogen-bond donors (Lipinski definition) is 2. The average molecular weight is 446 g/mol. The van der Waals surface area contributed by atoms with E-state index in [4.69, 9.17) is 26.1 Å². The molecular formula is C23H32ClN5O2. The van der Waals surface area contributed by atoms with Gasteiger partial charge in [0.05, 0.1) is 25.8 Å². The van der Waals surface area contributed by atoms with Crippen molar-refractivity contribution in [1.82, 2.24) is 15.6 Å². The zero-order valence-electron chi connectivity index (χ0n) is 18.5. The van der Waals surface area contributed by atoms with E-state index in [1.807, 2.05) is 43.5 Å². The number of rotatable bonds is 8. The average Bonchev–Trinajstić information content (AvgIpc) is 2.77. The molecule has 1 aromatic carbocycles. The molecule has 8 heteroatoms. The highest BCUT2D eigenvalue weighted by Gasteiger charge is 2.18. The highest BCUT2D eigenvalue weighted by Crippen LogP contribution is 2.18. The normalized spacial score (nSPS) is 17.9. The van der Waals surface area contributed by atoms with Crippen LogP contribution in [-0.2, 0) is 11.3 Å². The number of hydrogen-bond acceptors (Lipinski definition) is 5. The lowest BCUT2D eigenvalue weighted by Gasteiger charge is -2.32. The van der Waals surface area contributed by atoms with Gasteiger partial charge in [-0.1, -0.05) is 11.6 Å². The Morgan fingerprint density at radius 1 is 1.32 bits per heavy atom. The standard InChI is InChI=1S/C23H32ClN5O2/c1-4-25-23(27-14-17(2)31-21-7-5-20(24)6-8-21)28-15-19-9-10-26-22(13-19)29-11-12-30-18(3)16-29/h5-10,13,17-18H,4,11-12,14-16H2,1-3H3,(H2,25,27,28). The molecular weight excluding hydrogens is 414 g/mol. The number of aromatic nitrogens is 1. The number of pyridine rings is 1. The molecule has 7 nitrogen and oxygen atoms in total. The molecule has 2 N–H and O–H groups in total. The van der Waals surface area contributed by atoms with Crippen molar-refractivity contribution in [3.05, 3.63) is 53.2 Å². The van der Waals surface area contributed by atoms with E-state index < -0.39 is 0 Å². The van der Waals surface area contributed by atoms with Crippen molar-refractivity contribution in [3.8, 4) is 5.75 Å². The number of aliphatic imine (C=N–C) groups is 1. The predicted molar refractivity (Wildman–Crippen MR) is 126 cm³/mol. The molecule has 168 valence electrons. The molecule has 0 bridgehead atoms. The molecule has 1 aliphatic heterocycles. The van der Waals surface area contributed by atoms with Crippen LogP contribution in [0.15, 0.2) is 47.6 Å². The Morgan fingerprint density at radius 2 is 2.13 bits per heavy atom. The second-order valence-corrected chi connectivity index (χ2v) is 8.04. The van der Waals surface area contributed by atoms with Crippen LogP contribution in [-0.4, -0.2) is 55.9 Å². The Labute approximate surface area is 189 Å². The Hall–Kier alpha value is -2.51. The van der Waals surface area contributed by atoms with Gasteiger partial charge in [-0.15, -0.1) is 0 Å². The maximum Gasteiger partial charge on any atom is 0.191 e. The van der Waals surface area contributed by atoms with Crippen molar-refractivity contribution in [1.29, 1.82) is 0 Å². The Balaban J connectivity index is 1.55. The molecule has 31 heavy (non-hydrogen) atoms. The molecule has 1 aliphatic rings. The van der Waals surface area contributed by atoms with Crippen molar-refractivity contribution in [2.45, 2.75) is 39.5 Å². The molecule has 0 amide bonds. The summed E-state index contributed by atoms with van der Waals surface area (Å²) in [5, 5.41) is 7.33. The first-order valence-corrected chi connectivity index (χ1v) is 11.2. The Kier molecular flexibility index (Phi) is 8.79. The second kappa shape index (κ2) is 11.8. The number of nitrogens with one attached hydrogen (secondary N) is 2. The lowest BCUT2D eigenvalue weighted by molar-refractivity contribution is 0.0529. The van der Waals surface area contributed by atoms with Gasteiger partial charge in [0.25, 0.3) is 0 Å². The fraction of sp³-hybridized carbons (Fsp3) is 0.478. The number of morpholine rings is 1. The van der Waals surface area contributed by atoms with Crippen molar-refractivity contribution < 1.29 is 9.47 Å². The second-order valence-electron chi connectivity index (χ2n) is 7.61. The van der Waals surface area contributed by atoms with Crippen LogP contribution in [0.1, 0.15) is 26.3 Å². The molecule has 0 aliphatic carbocycles. The molecule has 2 heterocycles. The summed E-state index contributed by atoms with van der Waals surface area (Å²) in [5.74, 6) is 2.53. The van der Waals surface area contributed by atoms with Gasteiger partial charge in [-0.2, -0.15) is 0 Å². The molecule has 2 atom stereocenters. The van der Waals surface area contributed by atoms with E-state index in [9.17, 15) is 0 Å².